The Balaban J connectivity index is 2.41. The van der Waals surface area contributed by atoms with E-state index >= 15 is 0 Å². The molecule has 0 spiro atoms. The average Bonchev–Trinajstić information content (AvgIpc) is 2.48. The van der Waals surface area contributed by atoms with Gasteiger partial charge in [-0.15, -0.1) is 11.3 Å². The third-order valence-electron chi connectivity index (χ3n) is 1.42. The molecule has 1 heterocycles. The lowest BCUT2D eigenvalue weighted by Gasteiger charge is -2.04. The van der Waals surface area contributed by atoms with Crippen LogP contribution in [0.3, 0.4) is 0 Å². The van der Waals surface area contributed by atoms with Crippen LogP contribution < -0.4 is 5.32 Å². The van der Waals surface area contributed by atoms with Gasteiger partial charge in [0.1, 0.15) is 5.01 Å². The highest BCUT2D eigenvalue weighted by Gasteiger charge is 2.00. The fourth-order valence-corrected chi connectivity index (χ4v) is 1.54. The summed E-state index contributed by atoms with van der Waals surface area (Å²) in [4.78, 5) is 5.21. The van der Waals surface area contributed by atoms with Crippen LogP contribution >= 0.6 is 11.3 Å². The zero-order valence-corrected chi connectivity index (χ0v) is 8.19. The van der Waals surface area contributed by atoms with Crippen molar-refractivity contribution in [1.82, 2.24) is 10.3 Å². The summed E-state index contributed by atoms with van der Waals surface area (Å²) in [5, 5.41) is 12.8. The van der Waals surface area contributed by atoms with Crippen LogP contribution in [0.4, 0.5) is 0 Å². The molecule has 0 saturated carbocycles. The molecule has 0 aliphatic carbocycles. The zero-order valence-electron chi connectivity index (χ0n) is 7.37. The van der Waals surface area contributed by atoms with Crippen LogP contribution in [0.1, 0.15) is 23.7 Å². The second-order valence-corrected chi connectivity index (χ2v) is 4.11. The first kappa shape index (κ1) is 9.64. The Morgan fingerprint density at radius 3 is 2.92 bits per heavy atom. The Kier molecular flexibility index (Phi) is 3.65. The molecule has 4 heteroatoms. The minimum atomic E-state index is 0.0480. The van der Waals surface area contributed by atoms with Gasteiger partial charge < -0.3 is 10.4 Å². The van der Waals surface area contributed by atoms with Crippen molar-refractivity contribution in [3.8, 4) is 0 Å². The average molecular weight is 186 g/mol. The fourth-order valence-electron chi connectivity index (χ4n) is 0.808. The number of aromatic nitrogens is 1. The van der Waals surface area contributed by atoms with E-state index in [2.05, 4.69) is 24.1 Å². The Morgan fingerprint density at radius 1 is 1.67 bits per heavy atom. The number of hydrogen-bond donors (Lipinski definition) is 2. The molecule has 0 aromatic carbocycles. The third-order valence-corrected chi connectivity index (χ3v) is 2.40. The van der Waals surface area contributed by atoms with Crippen molar-refractivity contribution in [3.63, 3.8) is 0 Å². The zero-order chi connectivity index (χ0) is 8.97. The fraction of sp³-hybridized carbons (Fsp3) is 0.625. The number of hydrogen-bond acceptors (Lipinski definition) is 4. The van der Waals surface area contributed by atoms with Gasteiger partial charge in [0.2, 0.25) is 0 Å². The van der Waals surface area contributed by atoms with Gasteiger partial charge in [0.25, 0.3) is 0 Å². The van der Waals surface area contributed by atoms with Crippen molar-refractivity contribution in [3.05, 3.63) is 16.1 Å². The van der Waals surface area contributed by atoms with E-state index in [0.29, 0.717) is 6.04 Å². The maximum absolute atomic E-state index is 8.76. The second-order valence-electron chi connectivity index (χ2n) is 2.91. The molecule has 2 N–H and O–H groups in total. The van der Waals surface area contributed by atoms with E-state index in [1.165, 1.54) is 4.88 Å². The van der Waals surface area contributed by atoms with Crippen molar-refractivity contribution in [2.75, 3.05) is 0 Å². The van der Waals surface area contributed by atoms with E-state index in [-0.39, 0.29) is 6.61 Å². The van der Waals surface area contributed by atoms with Crippen LogP contribution in [0.25, 0.3) is 0 Å². The van der Waals surface area contributed by atoms with Crippen LogP contribution in [-0.4, -0.2) is 16.1 Å². The van der Waals surface area contributed by atoms with E-state index in [0.717, 1.165) is 11.6 Å². The van der Waals surface area contributed by atoms with Gasteiger partial charge in [0, 0.05) is 23.7 Å². The Bertz CT molecular complexity index is 235. The maximum atomic E-state index is 8.76. The Hall–Kier alpha value is -0.450. The highest BCUT2D eigenvalue weighted by atomic mass is 32.1. The van der Waals surface area contributed by atoms with Crippen molar-refractivity contribution >= 4 is 11.3 Å². The first-order valence-corrected chi connectivity index (χ1v) is 4.82. The molecule has 68 valence electrons. The standard InChI is InChI=1S/C8H14N2OS/c1-6(2)9-3-7-4-10-8(5-11)12-7/h4,6,9,11H,3,5H2,1-2H3. The lowest BCUT2D eigenvalue weighted by molar-refractivity contribution is 0.281. The summed E-state index contributed by atoms with van der Waals surface area (Å²) in [5.74, 6) is 0. The monoisotopic (exact) mass is 186 g/mol. The topological polar surface area (TPSA) is 45.2 Å². The summed E-state index contributed by atoms with van der Waals surface area (Å²) < 4.78 is 0. The number of nitrogens with one attached hydrogen (secondary N) is 1. The largest absolute Gasteiger partial charge is 0.389 e. The van der Waals surface area contributed by atoms with Gasteiger partial charge in [-0.05, 0) is 0 Å². The second kappa shape index (κ2) is 4.54. The highest BCUT2D eigenvalue weighted by molar-refractivity contribution is 7.11. The van der Waals surface area contributed by atoms with E-state index in [1.807, 2.05) is 6.20 Å². The Labute approximate surface area is 76.5 Å². The molecule has 12 heavy (non-hydrogen) atoms. The molecule has 0 amide bonds. The van der Waals surface area contributed by atoms with Gasteiger partial charge in [-0.3, -0.25) is 0 Å². The van der Waals surface area contributed by atoms with Gasteiger partial charge in [-0.25, -0.2) is 4.98 Å². The SMILES string of the molecule is CC(C)NCc1cnc(CO)s1. The van der Waals surface area contributed by atoms with Crippen LogP contribution in [-0.2, 0) is 13.2 Å². The van der Waals surface area contributed by atoms with Crippen LogP contribution in [0.2, 0.25) is 0 Å². The molecule has 1 rings (SSSR count). The maximum Gasteiger partial charge on any atom is 0.118 e. The van der Waals surface area contributed by atoms with Crippen LogP contribution in [0, 0.1) is 0 Å². The van der Waals surface area contributed by atoms with E-state index in [9.17, 15) is 0 Å². The summed E-state index contributed by atoms with van der Waals surface area (Å²) in [5.41, 5.74) is 0. The number of aliphatic hydroxyl groups excluding tert-OH is 1. The van der Waals surface area contributed by atoms with Crippen LogP contribution in [0.5, 0.6) is 0 Å². The van der Waals surface area contributed by atoms with Gasteiger partial charge in [0.15, 0.2) is 0 Å². The van der Waals surface area contributed by atoms with Gasteiger partial charge in [-0.2, -0.15) is 0 Å². The number of thiazole rings is 1. The summed E-state index contributed by atoms with van der Waals surface area (Å²) in [6.45, 7) is 5.10. The molecule has 0 aliphatic heterocycles. The predicted octanol–water partition coefficient (Wildman–Crippen LogP) is 1.13. The minimum Gasteiger partial charge on any atom is -0.389 e. The Morgan fingerprint density at radius 2 is 2.42 bits per heavy atom. The van der Waals surface area contributed by atoms with E-state index < -0.39 is 0 Å². The number of nitrogens with zero attached hydrogens (tertiary/aromatic N) is 1. The number of rotatable bonds is 4. The molecule has 3 nitrogen and oxygen atoms in total. The number of aliphatic hydroxyl groups is 1. The lowest BCUT2D eigenvalue weighted by Crippen LogP contribution is -2.21. The van der Waals surface area contributed by atoms with E-state index in [4.69, 9.17) is 5.11 Å². The smallest absolute Gasteiger partial charge is 0.118 e. The summed E-state index contributed by atoms with van der Waals surface area (Å²) >= 11 is 1.55. The molecular weight excluding hydrogens is 172 g/mol. The first-order valence-electron chi connectivity index (χ1n) is 4.00. The normalized spacial score (nSPS) is 11.0. The van der Waals surface area contributed by atoms with Crippen molar-refractivity contribution in [2.45, 2.75) is 33.0 Å². The summed E-state index contributed by atoms with van der Waals surface area (Å²) in [6, 6.07) is 0.490. The predicted molar refractivity (Wildman–Crippen MR) is 50.0 cm³/mol. The van der Waals surface area contributed by atoms with Crippen molar-refractivity contribution in [2.24, 2.45) is 0 Å². The van der Waals surface area contributed by atoms with Crippen LogP contribution in [0.15, 0.2) is 6.20 Å². The molecule has 0 bridgehead atoms. The molecule has 1 aromatic heterocycles. The molecule has 0 aliphatic rings. The summed E-state index contributed by atoms with van der Waals surface area (Å²) in [7, 11) is 0. The molecule has 0 atom stereocenters. The van der Waals surface area contributed by atoms with E-state index in [1.54, 1.807) is 11.3 Å². The van der Waals surface area contributed by atoms with Crippen molar-refractivity contribution < 1.29 is 5.11 Å². The molecule has 0 saturated heterocycles. The molecule has 0 fully saturated rings. The lowest BCUT2D eigenvalue weighted by atomic mass is 10.4. The van der Waals surface area contributed by atoms with Gasteiger partial charge in [0.05, 0.1) is 6.61 Å². The molecule has 0 radical (unpaired) electrons. The minimum absolute atomic E-state index is 0.0480. The highest BCUT2D eigenvalue weighted by Crippen LogP contribution is 2.12. The van der Waals surface area contributed by atoms with Crippen molar-refractivity contribution in [1.29, 1.82) is 0 Å². The molecule has 0 unspecified atom stereocenters. The quantitative estimate of drug-likeness (QED) is 0.741. The molecular formula is C8H14N2OS. The van der Waals surface area contributed by atoms with Gasteiger partial charge in [-0.1, -0.05) is 13.8 Å². The third kappa shape index (κ3) is 2.89. The summed E-state index contributed by atoms with van der Waals surface area (Å²) in [6.07, 6.45) is 1.81. The van der Waals surface area contributed by atoms with Gasteiger partial charge >= 0.3 is 0 Å². The molecule has 1 aromatic rings. The first-order chi connectivity index (χ1) is 5.72.